The summed E-state index contributed by atoms with van der Waals surface area (Å²) in [6, 6.07) is 5.38. The van der Waals surface area contributed by atoms with Crippen molar-refractivity contribution in [1.29, 1.82) is 0 Å². The van der Waals surface area contributed by atoms with Gasteiger partial charge in [0.05, 0.1) is 18.6 Å². The van der Waals surface area contributed by atoms with Gasteiger partial charge < -0.3 is 9.84 Å². The highest BCUT2D eigenvalue weighted by Crippen LogP contribution is 2.22. The van der Waals surface area contributed by atoms with E-state index in [1.54, 1.807) is 12.1 Å². The van der Waals surface area contributed by atoms with Crippen LogP contribution in [0.2, 0.25) is 0 Å². The maximum absolute atomic E-state index is 11.9. The lowest BCUT2D eigenvalue weighted by Crippen LogP contribution is -2.07. The molecule has 0 aliphatic carbocycles. The van der Waals surface area contributed by atoms with Crippen molar-refractivity contribution >= 4 is 11.8 Å². The van der Waals surface area contributed by atoms with Gasteiger partial charge in [-0.25, -0.2) is 0 Å². The van der Waals surface area contributed by atoms with E-state index in [1.165, 1.54) is 0 Å². The molecule has 98 valence electrons. The molecule has 0 saturated heterocycles. The van der Waals surface area contributed by atoms with E-state index in [2.05, 4.69) is 0 Å². The van der Waals surface area contributed by atoms with Crippen LogP contribution in [0.25, 0.3) is 0 Å². The van der Waals surface area contributed by atoms with Crippen molar-refractivity contribution in [2.45, 2.75) is 33.1 Å². The highest BCUT2D eigenvalue weighted by Gasteiger charge is 2.14. The summed E-state index contributed by atoms with van der Waals surface area (Å²) >= 11 is 0. The molecule has 0 fully saturated rings. The molecule has 0 aromatic heterocycles. The van der Waals surface area contributed by atoms with Gasteiger partial charge in [0.25, 0.3) is 0 Å². The zero-order chi connectivity index (χ0) is 13.5. The molecule has 1 aromatic carbocycles. The van der Waals surface area contributed by atoms with Crippen LogP contribution in [0.5, 0.6) is 5.75 Å². The monoisotopic (exact) mass is 250 g/mol. The van der Waals surface area contributed by atoms with Gasteiger partial charge in [-0.05, 0) is 25.5 Å². The molecule has 0 heterocycles. The highest BCUT2D eigenvalue weighted by molar-refractivity contribution is 6.00. The number of carbonyl (C=O) groups is 2. The predicted molar refractivity (Wildman–Crippen MR) is 68.2 cm³/mol. The van der Waals surface area contributed by atoms with Crippen LogP contribution in [-0.4, -0.2) is 23.5 Å². The molecule has 0 saturated carbocycles. The number of aryl methyl sites for hydroxylation is 1. The number of hydrogen-bond acceptors (Lipinski definition) is 3. The topological polar surface area (TPSA) is 63.6 Å². The standard InChI is InChI=1S/C14H18O4/c1-3-8-18-13-6-4-10(2)9-11(13)12(15)5-7-14(16)17/h4,6,9H,3,5,7-8H2,1-2H3,(H,16,17). The van der Waals surface area contributed by atoms with E-state index in [-0.39, 0.29) is 18.6 Å². The average Bonchev–Trinajstić information content (AvgIpc) is 2.34. The molecule has 0 radical (unpaired) electrons. The van der Waals surface area contributed by atoms with Crippen LogP contribution in [-0.2, 0) is 4.79 Å². The number of rotatable bonds is 7. The third-order valence-corrected chi connectivity index (χ3v) is 2.46. The van der Waals surface area contributed by atoms with Gasteiger partial charge in [0.15, 0.2) is 5.78 Å². The first-order valence-corrected chi connectivity index (χ1v) is 6.03. The van der Waals surface area contributed by atoms with Gasteiger partial charge in [-0.15, -0.1) is 0 Å². The molecular formula is C14H18O4. The molecule has 4 heteroatoms. The Morgan fingerprint density at radius 1 is 1.28 bits per heavy atom. The Labute approximate surface area is 107 Å². The summed E-state index contributed by atoms with van der Waals surface area (Å²) in [4.78, 5) is 22.4. The summed E-state index contributed by atoms with van der Waals surface area (Å²) < 4.78 is 5.50. The molecule has 0 spiro atoms. The molecule has 0 bridgehead atoms. The average molecular weight is 250 g/mol. The number of hydrogen-bond donors (Lipinski definition) is 1. The van der Waals surface area contributed by atoms with Crippen molar-refractivity contribution in [3.8, 4) is 5.75 Å². The van der Waals surface area contributed by atoms with Gasteiger partial charge >= 0.3 is 5.97 Å². The van der Waals surface area contributed by atoms with Crippen molar-refractivity contribution < 1.29 is 19.4 Å². The number of carbonyl (C=O) groups excluding carboxylic acids is 1. The van der Waals surface area contributed by atoms with Gasteiger partial charge in [0, 0.05) is 6.42 Å². The Bertz CT molecular complexity index is 437. The molecule has 0 unspecified atom stereocenters. The summed E-state index contributed by atoms with van der Waals surface area (Å²) in [5.74, 6) is -0.614. The summed E-state index contributed by atoms with van der Waals surface area (Å²) in [6.07, 6.45) is 0.706. The maximum Gasteiger partial charge on any atom is 0.303 e. The summed E-state index contributed by atoms with van der Waals surface area (Å²) in [5.41, 5.74) is 1.43. The quantitative estimate of drug-likeness (QED) is 0.756. The van der Waals surface area contributed by atoms with Crippen LogP contribution in [0.1, 0.15) is 42.1 Å². The van der Waals surface area contributed by atoms with Crippen LogP contribution < -0.4 is 4.74 Å². The first kappa shape index (κ1) is 14.2. The van der Waals surface area contributed by atoms with Gasteiger partial charge in [0.1, 0.15) is 5.75 Å². The summed E-state index contributed by atoms with van der Waals surface area (Å²) in [6.45, 7) is 4.42. The molecule has 1 aromatic rings. The van der Waals surface area contributed by atoms with Crippen molar-refractivity contribution in [2.24, 2.45) is 0 Å². The minimum absolute atomic E-state index is 0.00126. The minimum Gasteiger partial charge on any atom is -0.493 e. The van der Waals surface area contributed by atoms with Crippen molar-refractivity contribution in [1.82, 2.24) is 0 Å². The second kappa shape index (κ2) is 6.79. The number of benzene rings is 1. The number of aliphatic carboxylic acids is 1. The van der Waals surface area contributed by atoms with Crippen LogP contribution in [0, 0.1) is 6.92 Å². The van der Waals surface area contributed by atoms with E-state index in [9.17, 15) is 9.59 Å². The van der Waals surface area contributed by atoms with Gasteiger partial charge in [-0.2, -0.15) is 0 Å². The fourth-order valence-corrected chi connectivity index (χ4v) is 1.55. The van der Waals surface area contributed by atoms with Crippen LogP contribution >= 0.6 is 0 Å². The lowest BCUT2D eigenvalue weighted by Gasteiger charge is -2.10. The van der Waals surface area contributed by atoms with Crippen LogP contribution in [0.15, 0.2) is 18.2 Å². The fourth-order valence-electron chi connectivity index (χ4n) is 1.55. The zero-order valence-electron chi connectivity index (χ0n) is 10.7. The molecular weight excluding hydrogens is 232 g/mol. The van der Waals surface area contributed by atoms with Crippen LogP contribution in [0.3, 0.4) is 0 Å². The van der Waals surface area contributed by atoms with Crippen molar-refractivity contribution in [2.75, 3.05) is 6.61 Å². The Balaban J connectivity index is 2.86. The molecule has 18 heavy (non-hydrogen) atoms. The molecule has 0 atom stereocenters. The Hall–Kier alpha value is -1.84. The Morgan fingerprint density at radius 2 is 2.00 bits per heavy atom. The molecule has 1 N–H and O–H groups in total. The van der Waals surface area contributed by atoms with Crippen molar-refractivity contribution in [3.05, 3.63) is 29.3 Å². The van der Waals surface area contributed by atoms with E-state index in [0.717, 1.165) is 12.0 Å². The van der Waals surface area contributed by atoms with E-state index in [0.29, 0.717) is 17.9 Å². The van der Waals surface area contributed by atoms with E-state index < -0.39 is 5.97 Å². The lowest BCUT2D eigenvalue weighted by atomic mass is 10.0. The highest BCUT2D eigenvalue weighted by atomic mass is 16.5. The number of carboxylic acids is 1. The molecule has 1 rings (SSSR count). The van der Waals surface area contributed by atoms with Crippen LogP contribution in [0.4, 0.5) is 0 Å². The smallest absolute Gasteiger partial charge is 0.303 e. The van der Waals surface area contributed by atoms with Gasteiger partial charge in [0.2, 0.25) is 0 Å². The largest absolute Gasteiger partial charge is 0.493 e. The lowest BCUT2D eigenvalue weighted by molar-refractivity contribution is -0.136. The fraction of sp³-hybridized carbons (Fsp3) is 0.429. The second-order valence-electron chi connectivity index (χ2n) is 4.16. The third kappa shape index (κ3) is 4.20. The van der Waals surface area contributed by atoms with Gasteiger partial charge in [-0.3, -0.25) is 9.59 Å². The molecule has 0 aliphatic heterocycles. The first-order chi connectivity index (χ1) is 8.54. The SMILES string of the molecule is CCCOc1ccc(C)cc1C(=O)CCC(=O)O. The number of ketones is 1. The van der Waals surface area contributed by atoms with E-state index in [1.807, 2.05) is 19.9 Å². The third-order valence-electron chi connectivity index (χ3n) is 2.46. The second-order valence-corrected chi connectivity index (χ2v) is 4.16. The molecule has 0 amide bonds. The Kier molecular flexibility index (Phi) is 5.36. The summed E-state index contributed by atoms with van der Waals surface area (Å²) in [5, 5.41) is 8.59. The first-order valence-electron chi connectivity index (χ1n) is 6.03. The van der Waals surface area contributed by atoms with E-state index >= 15 is 0 Å². The van der Waals surface area contributed by atoms with Gasteiger partial charge in [-0.1, -0.05) is 18.6 Å². The number of ether oxygens (including phenoxy) is 1. The van der Waals surface area contributed by atoms with E-state index in [4.69, 9.17) is 9.84 Å². The zero-order valence-corrected chi connectivity index (χ0v) is 10.7. The molecule has 0 aliphatic rings. The normalized spacial score (nSPS) is 10.1. The Morgan fingerprint density at radius 3 is 2.61 bits per heavy atom. The maximum atomic E-state index is 11.9. The van der Waals surface area contributed by atoms with Crippen molar-refractivity contribution in [3.63, 3.8) is 0 Å². The predicted octanol–water partition coefficient (Wildman–Crippen LogP) is 2.83. The summed E-state index contributed by atoms with van der Waals surface area (Å²) in [7, 11) is 0. The minimum atomic E-state index is -0.966. The molecule has 4 nitrogen and oxygen atoms in total. The number of Topliss-reactive ketones (excluding diaryl/α,β-unsaturated/α-hetero) is 1. The number of carboxylic acid groups (broad SMARTS) is 1.